The Morgan fingerprint density at radius 2 is 2.18 bits per heavy atom. The number of hydrogen-bond donors (Lipinski definition) is 2. The lowest BCUT2D eigenvalue weighted by molar-refractivity contribution is 0.0715. The maximum atomic E-state index is 5.67. The minimum Gasteiger partial charge on any atom is -0.380 e. The molecule has 0 bridgehead atoms. The lowest BCUT2D eigenvalue weighted by Crippen LogP contribution is -2.56. The van der Waals surface area contributed by atoms with E-state index in [4.69, 9.17) is 10.6 Å². The van der Waals surface area contributed by atoms with Crippen LogP contribution in [-0.2, 0) is 4.74 Å². The van der Waals surface area contributed by atoms with Crippen molar-refractivity contribution < 1.29 is 4.74 Å². The third kappa shape index (κ3) is 4.89. The van der Waals surface area contributed by atoms with E-state index in [2.05, 4.69) is 36.2 Å². The van der Waals surface area contributed by atoms with Crippen molar-refractivity contribution in [1.82, 2.24) is 15.2 Å². The van der Waals surface area contributed by atoms with Crippen LogP contribution in [0.2, 0.25) is 0 Å². The molecule has 2 atom stereocenters. The molecule has 1 heterocycles. The molecule has 0 spiro atoms. The van der Waals surface area contributed by atoms with Gasteiger partial charge in [0.15, 0.2) is 0 Å². The smallest absolute Gasteiger partial charge is 0.0648 e. The molecule has 0 radical (unpaired) electrons. The van der Waals surface area contributed by atoms with E-state index < -0.39 is 0 Å². The van der Waals surface area contributed by atoms with Crippen molar-refractivity contribution >= 4 is 0 Å². The van der Waals surface area contributed by atoms with Gasteiger partial charge in [-0.25, -0.2) is 0 Å². The van der Waals surface area contributed by atoms with Gasteiger partial charge in [-0.05, 0) is 40.0 Å². The number of hydrogen-bond acceptors (Lipinski definition) is 5. The average molecular weight is 244 g/mol. The number of likely N-dealkylation sites (N-methyl/N-ethyl adjacent to an activating group) is 2. The molecule has 1 saturated heterocycles. The Morgan fingerprint density at radius 1 is 1.41 bits per heavy atom. The fourth-order valence-electron chi connectivity index (χ4n) is 2.37. The molecule has 0 aromatic carbocycles. The number of hydrazine groups is 1. The van der Waals surface area contributed by atoms with E-state index in [1.165, 1.54) is 6.42 Å². The maximum Gasteiger partial charge on any atom is 0.0648 e. The Hall–Kier alpha value is -0.200. The van der Waals surface area contributed by atoms with Crippen LogP contribution >= 0.6 is 0 Å². The van der Waals surface area contributed by atoms with E-state index in [-0.39, 0.29) is 6.04 Å². The first-order valence-corrected chi connectivity index (χ1v) is 6.61. The third-order valence-corrected chi connectivity index (χ3v) is 3.44. The van der Waals surface area contributed by atoms with E-state index in [0.717, 1.165) is 32.7 Å². The van der Waals surface area contributed by atoms with Crippen molar-refractivity contribution in [3.63, 3.8) is 0 Å². The van der Waals surface area contributed by atoms with Gasteiger partial charge in [-0.15, -0.1) is 0 Å². The molecule has 3 N–H and O–H groups in total. The number of nitrogens with zero attached hydrogens (tertiary/aromatic N) is 2. The molecule has 0 saturated carbocycles. The van der Waals surface area contributed by atoms with Crippen molar-refractivity contribution in [2.75, 3.05) is 46.9 Å². The summed E-state index contributed by atoms with van der Waals surface area (Å²) in [6, 6.07) is 0.622. The highest BCUT2D eigenvalue weighted by molar-refractivity contribution is 4.86. The first-order valence-electron chi connectivity index (χ1n) is 6.61. The quantitative estimate of drug-likeness (QED) is 0.388. The highest BCUT2D eigenvalue weighted by atomic mass is 16.5. The Kier molecular flexibility index (Phi) is 6.99. The highest BCUT2D eigenvalue weighted by Gasteiger charge is 2.27. The second kappa shape index (κ2) is 8.00. The summed E-state index contributed by atoms with van der Waals surface area (Å²) in [5.41, 5.74) is 2.92. The topological polar surface area (TPSA) is 53.8 Å². The zero-order valence-corrected chi connectivity index (χ0v) is 11.5. The molecule has 0 amide bonds. The summed E-state index contributed by atoms with van der Waals surface area (Å²) >= 11 is 0. The van der Waals surface area contributed by atoms with Gasteiger partial charge in [0.2, 0.25) is 0 Å². The van der Waals surface area contributed by atoms with Gasteiger partial charge in [-0.1, -0.05) is 6.92 Å². The number of ether oxygens (including phenoxy) is 1. The molecule has 1 rings (SSSR count). The average Bonchev–Trinajstić information content (AvgIpc) is 2.47. The maximum absolute atomic E-state index is 5.67. The SMILES string of the molecule is CCCOCC(NN)C1CN(C)CCCN1C. The Balaban J connectivity index is 2.50. The van der Waals surface area contributed by atoms with Gasteiger partial charge in [0.05, 0.1) is 12.6 Å². The van der Waals surface area contributed by atoms with Gasteiger partial charge in [0.1, 0.15) is 0 Å². The highest BCUT2D eigenvalue weighted by Crippen LogP contribution is 2.10. The summed E-state index contributed by atoms with van der Waals surface area (Å²) in [6.07, 6.45) is 2.27. The summed E-state index contributed by atoms with van der Waals surface area (Å²) in [5, 5.41) is 0. The zero-order valence-electron chi connectivity index (χ0n) is 11.5. The van der Waals surface area contributed by atoms with Gasteiger partial charge < -0.3 is 14.5 Å². The fraction of sp³-hybridized carbons (Fsp3) is 1.00. The summed E-state index contributed by atoms with van der Waals surface area (Å²) in [4.78, 5) is 4.77. The normalized spacial score (nSPS) is 25.8. The number of nitrogens with two attached hydrogens (primary N) is 1. The van der Waals surface area contributed by atoms with Crippen molar-refractivity contribution in [2.24, 2.45) is 5.84 Å². The second-order valence-corrected chi connectivity index (χ2v) is 5.01. The van der Waals surface area contributed by atoms with E-state index in [0.29, 0.717) is 12.6 Å². The molecule has 2 unspecified atom stereocenters. The van der Waals surface area contributed by atoms with Crippen LogP contribution in [-0.4, -0.2) is 68.8 Å². The summed E-state index contributed by atoms with van der Waals surface area (Å²) in [5.74, 6) is 5.67. The van der Waals surface area contributed by atoms with E-state index in [1.807, 2.05) is 0 Å². The molecule has 102 valence electrons. The molecular formula is C12H28N4O. The number of rotatable bonds is 6. The Labute approximate surface area is 105 Å². The van der Waals surface area contributed by atoms with E-state index >= 15 is 0 Å². The first-order chi connectivity index (χ1) is 8.19. The minimum atomic E-state index is 0.201. The lowest BCUT2D eigenvalue weighted by Gasteiger charge is -2.33. The van der Waals surface area contributed by atoms with Crippen LogP contribution in [0.25, 0.3) is 0 Å². The van der Waals surface area contributed by atoms with Gasteiger partial charge in [-0.2, -0.15) is 0 Å². The molecule has 0 aliphatic carbocycles. The van der Waals surface area contributed by atoms with Crippen LogP contribution in [0, 0.1) is 0 Å². The Morgan fingerprint density at radius 3 is 2.82 bits per heavy atom. The van der Waals surface area contributed by atoms with Gasteiger partial charge >= 0.3 is 0 Å². The van der Waals surface area contributed by atoms with Crippen LogP contribution in [0.1, 0.15) is 19.8 Å². The molecule has 1 fully saturated rings. The van der Waals surface area contributed by atoms with Crippen molar-refractivity contribution in [1.29, 1.82) is 0 Å². The molecule has 0 aromatic heterocycles. The van der Waals surface area contributed by atoms with E-state index in [9.17, 15) is 0 Å². The number of nitrogens with one attached hydrogen (secondary N) is 1. The third-order valence-electron chi connectivity index (χ3n) is 3.44. The molecular weight excluding hydrogens is 216 g/mol. The van der Waals surface area contributed by atoms with Crippen molar-refractivity contribution in [3.8, 4) is 0 Å². The predicted octanol–water partition coefficient (Wildman–Crippen LogP) is -0.119. The molecule has 0 aromatic rings. The van der Waals surface area contributed by atoms with Gasteiger partial charge in [0, 0.05) is 19.2 Å². The van der Waals surface area contributed by atoms with Crippen LogP contribution < -0.4 is 11.3 Å². The summed E-state index contributed by atoms with van der Waals surface area (Å²) < 4.78 is 5.63. The lowest BCUT2D eigenvalue weighted by atomic mass is 10.1. The molecule has 5 heteroatoms. The zero-order chi connectivity index (χ0) is 12.7. The van der Waals surface area contributed by atoms with Crippen LogP contribution in [0.5, 0.6) is 0 Å². The monoisotopic (exact) mass is 244 g/mol. The minimum absolute atomic E-state index is 0.201. The molecule has 1 aliphatic heterocycles. The van der Waals surface area contributed by atoms with Crippen molar-refractivity contribution in [2.45, 2.75) is 31.8 Å². The van der Waals surface area contributed by atoms with Crippen molar-refractivity contribution in [3.05, 3.63) is 0 Å². The van der Waals surface area contributed by atoms with Crippen LogP contribution in [0.4, 0.5) is 0 Å². The first kappa shape index (κ1) is 14.9. The van der Waals surface area contributed by atoms with Gasteiger partial charge in [0.25, 0.3) is 0 Å². The van der Waals surface area contributed by atoms with Crippen LogP contribution in [0.3, 0.4) is 0 Å². The molecule has 5 nitrogen and oxygen atoms in total. The molecule has 17 heavy (non-hydrogen) atoms. The van der Waals surface area contributed by atoms with Gasteiger partial charge in [-0.3, -0.25) is 11.3 Å². The Bertz CT molecular complexity index is 203. The largest absolute Gasteiger partial charge is 0.380 e. The fourth-order valence-corrected chi connectivity index (χ4v) is 2.37. The standard InChI is InChI=1S/C12H28N4O/c1-4-8-17-10-11(14-13)12-9-15(2)6-5-7-16(12)3/h11-12,14H,4-10,13H2,1-3H3. The summed E-state index contributed by atoms with van der Waals surface area (Å²) in [7, 11) is 4.35. The second-order valence-electron chi connectivity index (χ2n) is 5.01. The molecule has 1 aliphatic rings. The summed E-state index contributed by atoms with van der Waals surface area (Å²) in [6.45, 7) is 6.95. The van der Waals surface area contributed by atoms with E-state index in [1.54, 1.807) is 0 Å². The predicted molar refractivity (Wildman–Crippen MR) is 70.8 cm³/mol. The van der Waals surface area contributed by atoms with Crippen LogP contribution in [0.15, 0.2) is 0 Å².